The molecule has 9 heteroatoms. The summed E-state index contributed by atoms with van der Waals surface area (Å²) >= 11 is 6.51. The van der Waals surface area contributed by atoms with Gasteiger partial charge in [-0.2, -0.15) is 0 Å². The molecule has 2 N–H and O–H groups in total. The Morgan fingerprint density at radius 2 is 1.84 bits per heavy atom. The molecule has 1 saturated carbocycles. The highest BCUT2D eigenvalue weighted by Gasteiger charge is 2.45. The Kier molecular flexibility index (Phi) is 6.79. The maximum absolute atomic E-state index is 14.8. The van der Waals surface area contributed by atoms with Crippen molar-refractivity contribution in [2.75, 3.05) is 43.5 Å². The number of hydrogen-bond acceptors (Lipinski definition) is 6. The number of nitrogens with one attached hydrogen (secondary N) is 1. The van der Waals surface area contributed by atoms with Gasteiger partial charge in [-0.1, -0.05) is 17.7 Å². The third kappa shape index (κ3) is 5.26. The molecule has 2 aliphatic rings. The molecule has 2 aromatic carbocycles. The first-order valence-corrected chi connectivity index (χ1v) is 12.5. The number of phenolic OH excluding ortho intramolecular Hbond substituents is 1. The van der Waals surface area contributed by atoms with Crippen LogP contribution in [-0.2, 0) is 4.79 Å². The molecule has 1 aliphatic carbocycles. The number of phenols is 1. The highest BCUT2D eigenvalue weighted by atomic mass is 35.5. The first-order chi connectivity index (χ1) is 17.8. The van der Waals surface area contributed by atoms with E-state index in [9.17, 15) is 14.3 Å². The number of rotatable bonds is 7. The number of anilines is 2. The average Bonchev–Trinajstić information content (AvgIpc) is 3.64. The number of pyridine rings is 1. The third-order valence-corrected chi connectivity index (χ3v) is 7.16. The van der Waals surface area contributed by atoms with Gasteiger partial charge >= 0.3 is 0 Å². The maximum atomic E-state index is 14.8. The molecule has 0 bridgehead atoms. The normalized spacial score (nSPS) is 16.3. The molecule has 2 heterocycles. The lowest BCUT2D eigenvalue weighted by Gasteiger charge is -2.35. The van der Waals surface area contributed by atoms with Crippen LogP contribution >= 0.6 is 11.6 Å². The number of carbonyl (C=O) groups excluding carboxylic acids is 1. The molecule has 2 fully saturated rings. The van der Waals surface area contributed by atoms with Gasteiger partial charge in [-0.3, -0.25) is 9.69 Å². The predicted octanol–water partition coefficient (Wildman–Crippen LogP) is 4.85. The lowest BCUT2D eigenvalue weighted by molar-refractivity contribution is -0.106. The summed E-state index contributed by atoms with van der Waals surface area (Å²) in [6.45, 7) is 2.62. The highest BCUT2D eigenvalue weighted by Crippen LogP contribution is 2.42. The molecule has 0 radical (unpaired) electrons. The van der Waals surface area contributed by atoms with E-state index in [0.717, 1.165) is 38.3 Å². The Morgan fingerprint density at radius 1 is 1.11 bits per heavy atom. The fraction of sp³-hybridized carbons (Fsp3) is 0.286. The van der Waals surface area contributed by atoms with Crippen LogP contribution in [0.2, 0.25) is 5.02 Å². The molecular formula is C28H29ClFN5O2. The number of aromatic hydroxyl groups is 1. The van der Waals surface area contributed by atoms with E-state index in [1.807, 2.05) is 20.2 Å². The van der Waals surface area contributed by atoms with Crippen LogP contribution in [0.25, 0.3) is 22.3 Å². The van der Waals surface area contributed by atoms with Crippen molar-refractivity contribution >= 4 is 29.5 Å². The molecule has 37 heavy (non-hydrogen) atoms. The zero-order valence-corrected chi connectivity index (χ0v) is 21.5. The van der Waals surface area contributed by atoms with E-state index in [0.29, 0.717) is 34.4 Å². The SMILES string of the molecule is CN(C)/C=C\N(C=O)c1ccc(-c2cc(F)cc(-c3ccnc(N4CCNC5(CC5)C4)c3)c2O)cc1Cl. The van der Waals surface area contributed by atoms with Gasteiger partial charge in [-0.25, -0.2) is 9.37 Å². The Balaban J connectivity index is 1.48. The van der Waals surface area contributed by atoms with Gasteiger partial charge < -0.3 is 20.2 Å². The molecule has 1 aromatic heterocycles. The van der Waals surface area contributed by atoms with Gasteiger partial charge in [-0.15, -0.1) is 0 Å². The van der Waals surface area contributed by atoms with E-state index >= 15 is 0 Å². The number of aromatic nitrogens is 1. The maximum Gasteiger partial charge on any atom is 0.218 e. The number of hydrogen-bond donors (Lipinski definition) is 2. The Labute approximate surface area is 220 Å². The van der Waals surface area contributed by atoms with Crippen LogP contribution in [0, 0.1) is 5.82 Å². The van der Waals surface area contributed by atoms with Crippen LogP contribution in [-0.4, -0.2) is 60.7 Å². The van der Waals surface area contributed by atoms with Gasteiger partial charge in [0.05, 0.1) is 10.7 Å². The topological polar surface area (TPSA) is 71.9 Å². The van der Waals surface area contributed by atoms with Gasteiger partial charge in [0.15, 0.2) is 0 Å². The lowest BCUT2D eigenvalue weighted by Crippen LogP contribution is -2.52. The zero-order chi connectivity index (χ0) is 26.2. The highest BCUT2D eigenvalue weighted by molar-refractivity contribution is 6.34. The van der Waals surface area contributed by atoms with Crippen molar-refractivity contribution in [3.8, 4) is 28.0 Å². The Bertz CT molecular complexity index is 1360. The number of halogens is 2. The number of piperazine rings is 1. The van der Waals surface area contributed by atoms with Crippen molar-refractivity contribution in [3.63, 3.8) is 0 Å². The fourth-order valence-corrected chi connectivity index (χ4v) is 4.98. The molecule has 0 unspecified atom stereocenters. The summed E-state index contributed by atoms with van der Waals surface area (Å²) in [5.41, 5.74) is 2.55. The number of amides is 1. The Morgan fingerprint density at radius 3 is 2.49 bits per heavy atom. The Hall–Kier alpha value is -3.62. The molecule has 1 aliphatic heterocycles. The fourth-order valence-electron chi connectivity index (χ4n) is 4.70. The van der Waals surface area contributed by atoms with Crippen molar-refractivity contribution in [3.05, 3.63) is 71.9 Å². The van der Waals surface area contributed by atoms with E-state index in [-0.39, 0.29) is 16.3 Å². The van der Waals surface area contributed by atoms with Gasteiger partial charge in [-0.05, 0) is 60.4 Å². The van der Waals surface area contributed by atoms with Crippen LogP contribution in [0.5, 0.6) is 5.75 Å². The van der Waals surface area contributed by atoms with Crippen molar-refractivity contribution in [1.29, 1.82) is 0 Å². The number of nitrogens with zero attached hydrogens (tertiary/aromatic N) is 4. The summed E-state index contributed by atoms with van der Waals surface area (Å²) in [7, 11) is 3.68. The second-order valence-corrected chi connectivity index (χ2v) is 10.2. The second kappa shape index (κ2) is 10.0. The van der Waals surface area contributed by atoms with Crippen molar-refractivity contribution < 1.29 is 14.3 Å². The minimum absolute atomic E-state index is 0.0545. The van der Waals surface area contributed by atoms with Crippen LogP contribution in [0.15, 0.2) is 61.1 Å². The van der Waals surface area contributed by atoms with Crippen molar-refractivity contribution in [1.82, 2.24) is 15.2 Å². The molecule has 192 valence electrons. The van der Waals surface area contributed by atoms with Gasteiger partial charge in [0.25, 0.3) is 0 Å². The zero-order valence-electron chi connectivity index (χ0n) is 20.8. The van der Waals surface area contributed by atoms with Crippen molar-refractivity contribution in [2.24, 2.45) is 0 Å². The number of carbonyl (C=O) groups is 1. The van der Waals surface area contributed by atoms with E-state index in [2.05, 4.69) is 15.2 Å². The number of benzene rings is 2. The first-order valence-electron chi connectivity index (χ1n) is 12.2. The van der Waals surface area contributed by atoms with E-state index in [1.54, 1.807) is 47.8 Å². The monoisotopic (exact) mass is 521 g/mol. The standard InChI is InChI=1S/C28H29ClFN5O2/c1-33(2)11-12-35(18-36)25-4-3-19(13-24(25)29)22-15-21(30)16-23(27(22)37)20-5-8-31-26(14-20)34-10-9-32-28(17-34)6-7-28/h3-5,8,11-16,18,32,37H,6-7,9-10,17H2,1-2H3/b12-11-. The van der Waals surface area contributed by atoms with Crippen LogP contribution in [0.3, 0.4) is 0 Å². The summed E-state index contributed by atoms with van der Waals surface area (Å²) < 4.78 is 14.8. The van der Waals surface area contributed by atoms with Crippen LogP contribution in [0.4, 0.5) is 15.9 Å². The molecule has 0 atom stereocenters. The molecule has 1 amide bonds. The van der Waals surface area contributed by atoms with E-state index < -0.39 is 5.82 Å². The van der Waals surface area contributed by atoms with Crippen molar-refractivity contribution in [2.45, 2.75) is 18.4 Å². The van der Waals surface area contributed by atoms with Gasteiger partial charge in [0, 0.05) is 69.0 Å². The third-order valence-electron chi connectivity index (χ3n) is 6.86. The van der Waals surface area contributed by atoms with Crippen LogP contribution in [0.1, 0.15) is 12.8 Å². The smallest absolute Gasteiger partial charge is 0.218 e. The summed E-state index contributed by atoms with van der Waals surface area (Å²) in [6.07, 6.45) is 7.98. The molecular weight excluding hydrogens is 493 g/mol. The summed E-state index contributed by atoms with van der Waals surface area (Å²) in [6, 6.07) is 11.3. The first kappa shape index (κ1) is 25.0. The molecule has 7 nitrogen and oxygen atoms in total. The predicted molar refractivity (Wildman–Crippen MR) is 145 cm³/mol. The largest absolute Gasteiger partial charge is 0.507 e. The second-order valence-electron chi connectivity index (χ2n) is 9.82. The summed E-state index contributed by atoms with van der Waals surface area (Å²) in [5, 5.41) is 15.1. The summed E-state index contributed by atoms with van der Waals surface area (Å²) in [5.74, 6) is 0.271. The lowest BCUT2D eigenvalue weighted by atomic mass is 9.97. The summed E-state index contributed by atoms with van der Waals surface area (Å²) in [4.78, 5) is 21.5. The van der Waals surface area contributed by atoms with Gasteiger partial charge in [0.1, 0.15) is 17.4 Å². The van der Waals surface area contributed by atoms with Crippen LogP contribution < -0.4 is 15.1 Å². The van der Waals surface area contributed by atoms with Gasteiger partial charge in [0.2, 0.25) is 6.41 Å². The molecule has 1 spiro atoms. The minimum Gasteiger partial charge on any atom is -0.507 e. The average molecular weight is 522 g/mol. The quantitative estimate of drug-likeness (QED) is 0.433. The van der Waals surface area contributed by atoms with E-state index in [1.165, 1.54) is 17.0 Å². The van der Waals surface area contributed by atoms with E-state index in [4.69, 9.17) is 11.6 Å². The molecule has 1 saturated heterocycles. The minimum atomic E-state index is -0.482. The molecule has 3 aromatic rings. The molecule has 5 rings (SSSR count).